The molecule has 1 amide bonds. The molecule has 0 radical (unpaired) electrons. The van der Waals surface area contributed by atoms with E-state index in [4.69, 9.17) is 16.3 Å². The molecule has 4 nitrogen and oxygen atoms in total. The van der Waals surface area contributed by atoms with Crippen LogP contribution in [0.2, 0.25) is 5.02 Å². The minimum atomic E-state index is -0.321. The van der Waals surface area contributed by atoms with Crippen molar-refractivity contribution in [2.45, 2.75) is 20.0 Å². The van der Waals surface area contributed by atoms with Gasteiger partial charge < -0.3 is 15.2 Å². The second-order valence-corrected chi connectivity index (χ2v) is 4.25. The number of hydrogen-bond donors (Lipinski definition) is 2. The molecule has 1 aromatic carbocycles. The van der Waals surface area contributed by atoms with Gasteiger partial charge in [0.05, 0.1) is 23.3 Å². The molecule has 0 atom stereocenters. The number of phenolic OH excluding ortho intramolecular Hbond substituents is 1. The van der Waals surface area contributed by atoms with Crippen molar-refractivity contribution in [2.24, 2.45) is 0 Å². The lowest BCUT2D eigenvalue weighted by molar-refractivity contribution is 0.0746. The lowest BCUT2D eigenvalue weighted by Gasteiger charge is -2.09. The number of ether oxygens (including phenoxy) is 1. The number of benzene rings is 1. The van der Waals surface area contributed by atoms with Gasteiger partial charge in [0.25, 0.3) is 5.91 Å². The smallest absolute Gasteiger partial charge is 0.253 e. The predicted molar refractivity (Wildman–Crippen MR) is 66.5 cm³/mol. The third kappa shape index (κ3) is 4.63. The van der Waals surface area contributed by atoms with Crippen LogP contribution in [0.25, 0.3) is 0 Å². The monoisotopic (exact) mass is 257 g/mol. The zero-order valence-electron chi connectivity index (χ0n) is 9.87. The van der Waals surface area contributed by atoms with E-state index in [1.54, 1.807) is 0 Å². The number of carbonyl (C=O) groups is 1. The van der Waals surface area contributed by atoms with Gasteiger partial charge in [-0.3, -0.25) is 4.79 Å². The molecule has 94 valence electrons. The van der Waals surface area contributed by atoms with Crippen LogP contribution in [0.4, 0.5) is 0 Å². The molecule has 0 unspecified atom stereocenters. The summed E-state index contributed by atoms with van der Waals surface area (Å²) in [5.74, 6) is -0.309. The molecule has 0 spiro atoms. The molecule has 0 saturated carbocycles. The van der Waals surface area contributed by atoms with Gasteiger partial charge in [0, 0.05) is 6.54 Å². The van der Waals surface area contributed by atoms with Crippen molar-refractivity contribution < 1.29 is 14.6 Å². The van der Waals surface area contributed by atoms with Crippen LogP contribution in [0.15, 0.2) is 18.2 Å². The average molecular weight is 258 g/mol. The quantitative estimate of drug-likeness (QED) is 0.795. The van der Waals surface area contributed by atoms with Crippen LogP contribution in [0, 0.1) is 0 Å². The topological polar surface area (TPSA) is 58.6 Å². The molecule has 0 aliphatic carbocycles. The number of carbonyl (C=O) groups excluding carboxylic acids is 1. The number of phenols is 1. The lowest BCUT2D eigenvalue weighted by Crippen LogP contribution is -2.28. The summed E-state index contributed by atoms with van der Waals surface area (Å²) in [6.07, 6.45) is 0.135. The van der Waals surface area contributed by atoms with Crippen molar-refractivity contribution in [3.05, 3.63) is 28.8 Å². The van der Waals surface area contributed by atoms with Crippen LogP contribution in [-0.4, -0.2) is 30.3 Å². The van der Waals surface area contributed by atoms with Crippen LogP contribution < -0.4 is 5.32 Å². The Labute approximate surface area is 106 Å². The Morgan fingerprint density at radius 3 is 2.88 bits per heavy atom. The van der Waals surface area contributed by atoms with Crippen LogP contribution >= 0.6 is 11.6 Å². The fourth-order valence-corrected chi connectivity index (χ4v) is 1.45. The van der Waals surface area contributed by atoms with E-state index in [0.717, 1.165) is 0 Å². The van der Waals surface area contributed by atoms with E-state index in [1.807, 2.05) is 13.8 Å². The molecule has 0 fully saturated rings. The Morgan fingerprint density at radius 2 is 2.24 bits per heavy atom. The van der Waals surface area contributed by atoms with Gasteiger partial charge in [0.15, 0.2) is 0 Å². The van der Waals surface area contributed by atoms with E-state index in [1.165, 1.54) is 18.2 Å². The highest BCUT2D eigenvalue weighted by Gasteiger charge is 2.10. The summed E-state index contributed by atoms with van der Waals surface area (Å²) in [6.45, 7) is 4.70. The van der Waals surface area contributed by atoms with Crippen molar-refractivity contribution in [2.75, 3.05) is 13.2 Å². The van der Waals surface area contributed by atoms with Crippen molar-refractivity contribution in [1.82, 2.24) is 5.32 Å². The summed E-state index contributed by atoms with van der Waals surface area (Å²) in [5, 5.41) is 12.2. The zero-order valence-corrected chi connectivity index (χ0v) is 10.6. The molecule has 17 heavy (non-hydrogen) atoms. The first-order chi connectivity index (χ1) is 8.00. The Hall–Kier alpha value is -1.26. The second-order valence-electron chi connectivity index (χ2n) is 3.84. The summed E-state index contributed by atoms with van der Waals surface area (Å²) in [6, 6.07) is 4.25. The Kier molecular flexibility index (Phi) is 5.25. The normalized spacial score (nSPS) is 10.6. The maximum atomic E-state index is 11.7. The van der Waals surface area contributed by atoms with Crippen LogP contribution in [-0.2, 0) is 4.74 Å². The summed E-state index contributed by atoms with van der Waals surface area (Å²) >= 11 is 5.85. The highest BCUT2D eigenvalue weighted by atomic mass is 35.5. The van der Waals surface area contributed by atoms with Gasteiger partial charge in [0.1, 0.15) is 5.75 Å². The van der Waals surface area contributed by atoms with Crippen LogP contribution in [0.1, 0.15) is 24.2 Å². The molecular formula is C12H16ClNO3. The lowest BCUT2D eigenvalue weighted by atomic mass is 10.2. The standard InChI is InChI=1S/C12H16ClNO3/c1-8(2)17-6-5-14-12(16)10-7-9(15)3-4-11(10)13/h3-4,7-8,15H,5-6H2,1-2H3,(H,14,16). The number of amides is 1. The van der Waals surface area contributed by atoms with Crippen molar-refractivity contribution in [1.29, 1.82) is 0 Å². The summed E-state index contributed by atoms with van der Waals surface area (Å²) in [4.78, 5) is 11.7. The fourth-order valence-electron chi connectivity index (χ4n) is 1.24. The first-order valence-electron chi connectivity index (χ1n) is 5.39. The van der Waals surface area contributed by atoms with E-state index in [2.05, 4.69) is 5.32 Å². The molecular weight excluding hydrogens is 242 g/mol. The maximum absolute atomic E-state index is 11.7. The minimum Gasteiger partial charge on any atom is -0.508 e. The van der Waals surface area contributed by atoms with Crippen LogP contribution in [0.5, 0.6) is 5.75 Å². The van der Waals surface area contributed by atoms with Gasteiger partial charge in [-0.05, 0) is 32.0 Å². The minimum absolute atomic E-state index is 0.0120. The second kappa shape index (κ2) is 6.47. The molecule has 0 heterocycles. The van der Waals surface area contributed by atoms with Crippen molar-refractivity contribution in [3.8, 4) is 5.75 Å². The highest BCUT2D eigenvalue weighted by Crippen LogP contribution is 2.20. The van der Waals surface area contributed by atoms with Gasteiger partial charge in [-0.15, -0.1) is 0 Å². The molecule has 0 bridgehead atoms. The number of rotatable bonds is 5. The first kappa shape index (κ1) is 13.8. The van der Waals surface area contributed by atoms with E-state index >= 15 is 0 Å². The summed E-state index contributed by atoms with van der Waals surface area (Å²) < 4.78 is 5.28. The summed E-state index contributed by atoms with van der Waals surface area (Å²) in [5.41, 5.74) is 0.260. The highest BCUT2D eigenvalue weighted by molar-refractivity contribution is 6.33. The molecule has 1 rings (SSSR count). The maximum Gasteiger partial charge on any atom is 0.253 e. The Bertz CT molecular complexity index is 393. The Morgan fingerprint density at radius 1 is 1.53 bits per heavy atom. The predicted octanol–water partition coefficient (Wildman–Crippen LogP) is 2.20. The van der Waals surface area contributed by atoms with Gasteiger partial charge >= 0.3 is 0 Å². The first-order valence-corrected chi connectivity index (χ1v) is 5.77. The van der Waals surface area contributed by atoms with Crippen molar-refractivity contribution in [3.63, 3.8) is 0 Å². The van der Waals surface area contributed by atoms with Gasteiger partial charge in [-0.25, -0.2) is 0 Å². The molecule has 2 N–H and O–H groups in total. The molecule has 0 aliphatic heterocycles. The number of nitrogens with one attached hydrogen (secondary N) is 1. The third-order valence-corrected chi connectivity index (χ3v) is 2.36. The summed E-state index contributed by atoms with van der Waals surface area (Å²) in [7, 11) is 0. The van der Waals surface area contributed by atoms with E-state index < -0.39 is 0 Å². The SMILES string of the molecule is CC(C)OCCNC(=O)c1cc(O)ccc1Cl. The van der Waals surface area contributed by atoms with Gasteiger partial charge in [-0.2, -0.15) is 0 Å². The van der Waals surface area contributed by atoms with E-state index in [0.29, 0.717) is 18.2 Å². The van der Waals surface area contributed by atoms with E-state index in [-0.39, 0.29) is 23.3 Å². The van der Waals surface area contributed by atoms with E-state index in [9.17, 15) is 9.90 Å². The fraction of sp³-hybridized carbons (Fsp3) is 0.417. The van der Waals surface area contributed by atoms with Crippen molar-refractivity contribution >= 4 is 17.5 Å². The number of halogens is 1. The zero-order chi connectivity index (χ0) is 12.8. The van der Waals surface area contributed by atoms with Gasteiger partial charge in [-0.1, -0.05) is 11.6 Å². The largest absolute Gasteiger partial charge is 0.508 e. The molecule has 0 aromatic heterocycles. The van der Waals surface area contributed by atoms with Crippen LogP contribution in [0.3, 0.4) is 0 Å². The Balaban J connectivity index is 2.49. The molecule has 5 heteroatoms. The molecule has 1 aromatic rings. The third-order valence-electron chi connectivity index (χ3n) is 2.03. The molecule has 0 saturated heterocycles. The average Bonchev–Trinajstić information content (AvgIpc) is 2.27. The number of hydrogen-bond acceptors (Lipinski definition) is 3. The van der Waals surface area contributed by atoms with Gasteiger partial charge in [0.2, 0.25) is 0 Å². The molecule has 0 aliphatic rings. The number of aromatic hydroxyl groups is 1.